The maximum atomic E-state index is 11.6. The van der Waals surface area contributed by atoms with Gasteiger partial charge in [-0.2, -0.15) is 0 Å². The lowest BCUT2D eigenvalue weighted by Gasteiger charge is -1.99. The summed E-state index contributed by atoms with van der Waals surface area (Å²) >= 11 is 0. The predicted octanol–water partition coefficient (Wildman–Crippen LogP) is 0.383. The van der Waals surface area contributed by atoms with Crippen LogP contribution >= 0.6 is 0 Å². The molecule has 0 aliphatic carbocycles. The molecule has 82 valence electrons. The van der Waals surface area contributed by atoms with Crippen LogP contribution in [-0.2, 0) is 4.79 Å². The first-order chi connectivity index (χ1) is 7.66. The first-order valence-corrected chi connectivity index (χ1v) is 4.45. The number of aromatic amines is 1. The number of rotatable bonds is 2. The van der Waals surface area contributed by atoms with Gasteiger partial charge in [0.25, 0.3) is 5.56 Å². The van der Waals surface area contributed by atoms with Crippen LogP contribution in [0.5, 0.6) is 0 Å². The predicted molar refractivity (Wildman–Crippen MR) is 54.7 cm³/mol. The zero-order valence-electron chi connectivity index (χ0n) is 8.35. The highest BCUT2D eigenvalue weighted by Crippen LogP contribution is 2.11. The molecule has 2 heterocycles. The minimum absolute atomic E-state index is 0.00723. The third-order valence-corrected chi connectivity index (χ3v) is 1.75. The molecule has 2 aromatic heterocycles. The fourth-order valence-electron chi connectivity index (χ4n) is 1.13. The number of nitrogens with one attached hydrogen (secondary N) is 2. The maximum Gasteiger partial charge on any atom is 0.282 e. The van der Waals surface area contributed by atoms with E-state index in [1.807, 2.05) is 0 Å². The van der Waals surface area contributed by atoms with E-state index in [-0.39, 0.29) is 17.5 Å². The van der Waals surface area contributed by atoms with Crippen LogP contribution in [0.4, 0.5) is 5.95 Å². The molecule has 0 saturated carbocycles. The number of anilines is 1. The Bertz CT molecular complexity index is 558. The average Bonchev–Trinajstić information content (AvgIpc) is 2.69. The number of carbonyl (C=O) groups excluding carboxylic acids is 1. The molecule has 0 atom stereocenters. The van der Waals surface area contributed by atoms with Crippen molar-refractivity contribution in [2.24, 2.45) is 0 Å². The van der Waals surface area contributed by atoms with Gasteiger partial charge in [0.2, 0.25) is 11.9 Å². The molecule has 0 saturated heterocycles. The highest BCUT2D eigenvalue weighted by atomic mass is 16.3. The van der Waals surface area contributed by atoms with E-state index in [1.54, 1.807) is 12.1 Å². The lowest BCUT2D eigenvalue weighted by molar-refractivity contribution is -0.114. The molecule has 16 heavy (non-hydrogen) atoms. The van der Waals surface area contributed by atoms with Crippen molar-refractivity contribution >= 4 is 11.9 Å². The number of nitrogens with zero attached hydrogens (tertiary/aromatic N) is 2. The van der Waals surface area contributed by atoms with Gasteiger partial charge in [0.05, 0.1) is 6.26 Å². The van der Waals surface area contributed by atoms with Crippen molar-refractivity contribution < 1.29 is 9.21 Å². The molecule has 0 fully saturated rings. The second-order valence-corrected chi connectivity index (χ2v) is 3.01. The van der Waals surface area contributed by atoms with Crippen LogP contribution in [0.2, 0.25) is 0 Å². The molecule has 0 bridgehead atoms. The fraction of sp³-hybridized carbons (Fsp3) is 0.111. The Labute approximate surface area is 89.5 Å². The van der Waals surface area contributed by atoms with Crippen molar-refractivity contribution in [1.29, 1.82) is 0 Å². The summed E-state index contributed by atoms with van der Waals surface area (Å²) in [6.07, 6.45) is 1.43. The fourth-order valence-corrected chi connectivity index (χ4v) is 1.13. The van der Waals surface area contributed by atoms with Crippen LogP contribution in [0.3, 0.4) is 0 Å². The Morgan fingerprint density at radius 3 is 2.88 bits per heavy atom. The quantitative estimate of drug-likeness (QED) is 0.762. The smallest absolute Gasteiger partial charge is 0.282 e. The van der Waals surface area contributed by atoms with Crippen LogP contribution in [0.1, 0.15) is 6.92 Å². The number of hydrogen-bond donors (Lipinski definition) is 2. The summed E-state index contributed by atoms with van der Waals surface area (Å²) in [5, 5.41) is 9.63. The molecule has 2 rings (SSSR count). The molecule has 1 amide bonds. The molecule has 0 aliphatic rings. The number of H-pyrrole nitrogens is 1. The van der Waals surface area contributed by atoms with Gasteiger partial charge in [0.1, 0.15) is 0 Å². The molecule has 2 N–H and O–H groups in total. The van der Waals surface area contributed by atoms with Crippen molar-refractivity contribution in [3.63, 3.8) is 0 Å². The van der Waals surface area contributed by atoms with Gasteiger partial charge >= 0.3 is 0 Å². The molecule has 0 aliphatic heterocycles. The second kappa shape index (κ2) is 3.97. The van der Waals surface area contributed by atoms with Crippen LogP contribution in [0.15, 0.2) is 27.6 Å². The highest BCUT2D eigenvalue weighted by Gasteiger charge is 2.09. The molecule has 0 radical (unpaired) electrons. The summed E-state index contributed by atoms with van der Waals surface area (Å²) in [5.41, 5.74) is -0.409. The van der Waals surface area contributed by atoms with Gasteiger partial charge in [-0.25, -0.2) is 0 Å². The van der Waals surface area contributed by atoms with E-state index in [0.29, 0.717) is 5.76 Å². The summed E-state index contributed by atoms with van der Waals surface area (Å²) in [4.78, 5) is 24.6. The Morgan fingerprint density at radius 1 is 1.50 bits per heavy atom. The molecule has 2 aromatic rings. The highest BCUT2D eigenvalue weighted by molar-refractivity contribution is 5.86. The van der Waals surface area contributed by atoms with E-state index in [4.69, 9.17) is 4.42 Å². The van der Waals surface area contributed by atoms with Crippen molar-refractivity contribution in [2.45, 2.75) is 6.92 Å². The standard InChI is InChI=1S/C9H8N4O3/c1-5(14)10-9-11-8(15)7(12-13-9)6-3-2-4-16-6/h2-4H,1H3,(H2,10,11,13,14,15). The van der Waals surface area contributed by atoms with Gasteiger partial charge in [0, 0.05) is 6.92 Å². The second-order valence-electron chi connectivity index (χ2n) is 3.01. The third-order valence-electron chi connectivity index (χ3n) is 1.75. The SMILES string of the molecule is CC(=O)Nc1nnc(-c2ccco2)c(=O)[nH]1. The van der Waals surface area contributed by atoms with E-state index >= 15 is 0 Å². The molecule has 7 heteroatoms. The number of amides is 1. The van der Waals surface area contributed by atoms with E-state index in [1.165, 1.54) is 13.2 Å². The van der Waals surface area contributed by atoms with Crippen LogP contribution in [0.25, 0.3) is 11.5 Å². The molecular weight excluding hydrogens is 212 g/mol. The van der Waals surface area contributed by atoms with Crippen LogP contribution < -0.4 is 10.9 Å². The van der Waals surface area contributed by atoms with Gasteiger partial charge in [-0.05, 0) is 12.1 Å². The summed E-state index contributed by atoms with van der Waals surface area (Å²) < 4.78 is 5.01. The number of furan rings is 1. The van der Waals surface area contributed by atoms with Gasteiger partial charge in [0.15, 0.2) is 11.5 Å². The number of aromatic nitrogens is 3. The Balaban J connectivity index is 2.38. The monoisotopic (exact) mass is 220 g/mol. The van der Waals surface area contributed by atoms with Crippen LogP contribution in [0, 0.1) is 0 Å². The van der Waals surface area contributed by atoms with Gasteiger partial charge in [-0.1, -0.05) is 0 Å². The van der Waals surface area contributed by atoms with Crippen LogP contribution in [-0.4, -0.2) is 21.1 Å². The molecule has 0 aromatic carbocycles. The van der Waals surface area contributed by atoms with E-state index in [9.17, 15) is 9.59 Å². The lowest BCUT2D eigenvalue weighted by Crippen LogP contribution is -2.18. The summed E-state index contributed by atoms with van der Waals surface area (Å²) in [6.45, 7) is 1.31. The zero-order chi connectivity index (χ0) is 11.5. The normalized spacial score (nSPS) is 10.1. The summed E-state index contributed by atoms with van der Waals surface area (Å²) in [6, 6.07) is 3.23. The van der Waals surface area contributed by atoms with Crippen molar-refractivity contribution in [3.8, 4) is 11.5 Å². The van der Waals surface area contributed by atoms with Gasteiger partial charge in [-0.15, -0.1) is 10.2 Å². The number of carbonyl (C=O) groups is 1. The van der Waals surface area contributed by atoms with Crippen molar-refractivity contribution in [3.05, 3.63) is 28.7 Å². The van der Waals surface area contributed by atoms with E-state index < -0.39 is 5.56 Å². The first-order valence-electron chi connectivity index (χ1n) is 4.45. The average molecular weight is 220 g/mol. The Kier molecular flexibility index (Phi) is 2.50. The largest absolute Gasteiger partial charge is 0.462 e. The lowest BCUT2D eigenvalue weighted by atomic mass is 10.3. The molecular formula is C9H8N4O3. The molecule has 0 unspecified atom stereocenters. The summed E-state index contributed by atoms with van der Waals surface area (Å²) in [5.74, 6) is -0.00775. The topological polar surface area (TPSA) is 101 Å². The third kappa shape index (κ3) is 1.97. The van der Waals surface area contributed by atoms with E-state index in [0.717, 1.165) is 0 Å². The maximum absolute atomic E-state index is 11.6. The molecule has 7 nitrogen and oxygen atoms in total. The minimum atomic E-state index is -0.478. The Morgan fingerprint density at radius 2 is 2.31 bits per heavy atom. The Hall–Kier alpha value is -2.44. The van der Waals surface area contributed by atoms with Gasteiger partial charge < -0.3 is 4.42 Å². The minimum Gasteiger partial charge on any atom is -0.462 e. The van der Waals surface area contributed by atoms with Gasteiger partial charge in [-0.3, -0.25) is 19.9 Å². The first kappa shape index (κ1) is 10.1. The zero-order valence-corrected chi connectivity index (χ0v) is 8.35. The van der Waals surface area contributed by atoms with Crippen molar-refractivity contribution in [2.75, 3.05) is 5.32 Å². The van der Waals surface area contributed by atoms with E-state index in [2.05, 4.69) is 20.5 Å². The molecule has 0 spiro atoms. The number of hydrogen-bond acceptors (Lipinski definition) is 5. The summed E-state index contributed by atoms with van der Waals surface area (Å²) in [7, 11) is 0. The van der Waals surface area contributed by atoms with Crippen molar-refractivity contribution in [1.82, 2.24) is 15.2 Å².